The van der Waals surface area contributed by atoms with Crippen molar-refractivity contribution in [3.05, 3.63) is 59.7 Å². The molecule has 0 aliphatic heterocycles. The number of carbonyl (C=O) groups is 2. The zero-order valence-electron chi connectivity index (χ0n) is 25.1. The number of ether oxygens (including phenoxy) is 2. The van der Waals surface area contributed by atoms with Crippen molar-refractivity contribution in [1.82, 2.24) is 0 Å². The van der Waals surface area contributed by atoms with E-state index in [0.29, 0.717) is 17.8 Å². The molecule has 2 aromatic carbocycles. The highest BCUT2D eigenvalue weighted by Gasteiger charge is 2.11. The van der Waals surface area contributed by atoms with Crippen LogP contribution in [0.4, 0.5) is 21.0 Å². The molecule has 0 bridgehead atoms. The van der Waals surface area contributed by atoms with Gasteiger partial charge in [-0.1, -0.05) is 102 Å². The molecule has 2 amide bonds. The van der Waals surface area contributed by atoms with Crippen molar-refractivity contribution in [1.29, 1.82) is 0 Å². The smallest absolute Gasteiger partial charge is 0.411 e. The van der Waals surface area contributed by atoms with Crippen LogP contribution in [0.2, 0.25) is 0 Å². The second-order valence-corrected chi connectivity index (χ2v) is 10.8. The zero-order chi connectivity index (χ0) is 28.8. The van der Waals surface area contributed by atoms with Crippen LogP contribution in [0.25, 0.3) is 0 Å². The summed E-state index contributed by atoms with van der Waals surface area (Å²) in [5.41, 5.74) is 3.97. The third kappa shape index (κ3) is 15.5. The molecule has 1 atom stereocenters. The van der Waals surface area contributed by atoms with E-state index in [1.165, 1.54) is 88.2 Å². The number of hydrogen-bond donors (Lipinski definition) is 2. The van der Waals surface area contributed by atoms with Gasteiger partial charge in [0, 0.05) is 17.8 Å². The number of amides is 2. The number of rotatable bonds is 20. The fraction of sp³-hybridized carbons (Fsp3) is 0.588. The van der Waals surface area contributed by atoms with Gasteiger partial charge in [0.05, 0.1) is 6.61 Å². The van der Waals surface area contributed by atoms with Crippen LogP contribution in [0.1, 0.15) is 115 Å². The largest absolute Gasteiger partial charge is 0.449 e. The summed E-state index contributed by atoms with van der Waals surface area (Å²) in [4.78, 5) is 24.4. The van der Waals surface area contributed by atoms with Gasteiger partial charge in [0.25, 0.3) is 0 Å². The highest BCUT2D eigenvalue weighted by atomic mass is 16.6. The maximum atomic E-state index is 12.2. The van der Waals surface area contributed by atoms with E-state index in [-0.39, 0.29) is 12.7 Å². The van der Waals surface area contributed by atoms with Gasteiger partial charge in [-0.25, -0.2) is 9.59 Å². The molecule has 0 radical (unpaired) electrons. The Hall–Kier alpha value is -3.02. The summed E-state index contributed by atoms with van der Waals surface area (Å²) in [6.07, 6.45) is 16.5. The van der Waals surface area contributed by atoms with Crippen molar-refractivity contribution < 1.29 is 19.1 Å². The van der Waals surface area contributed by atoms with Gasteiger partial charge in [-0.3, -0.25) is 10.6 Å². The molecule has 0 fully saturated rings. The van der Waals surface area contributed by atoms with E-state index in [1.54, 1.807) is 6.92 Å². The lowest BCUT2D eigenvalue weighted by molar-refractivity contribution is 0.0943. The summed E-state index contributed by atoms with van der Waals surface area (Å²) in [7, 11) is 0. The average Bonchev–Trinajstić information content (AvgIpc) is 2.94. The molecule has 0 saturated carbocycles. The second kappa shape index (κ2) is 20.8. The molecule has 0 spiro atoms. The molecule has 0 aromatic heterocycles. The monoisotopic (exact) mass is 552 g/mol. The Morgan fingerprint density at radius 1 is 0.625 bits per heavy atom. The van der Waals surface area contributed by atoms with Crippen molar-refractivity contribution >= 4 is 23.6 Å². The highest BCUT2D eigenvalue weighted by molar-refractivity contribution is 5.85. The van der Waals surface area contributed by atoms with Crippen molar-refractivity contribution in [2.24, 2.45) is 0 Å². The molecule has 0 heterocycles. The first kappa shape index (κ1) is 33.2. The Morgan fingerprint density at radius 3 is 1.52 bits per heavy atom. The van der Waals surface area contributed by atoms with Gasteiger partial charge in [0.2, 0.25) is 0 Å². The first-order valence-electron chi connectivity index (χ1n) is 15.6. The van der Waals surface area contributed by atoms with Crippen molar-refractivity contribution in [2.75, 3.05) is 17.2 Å². The van der Waals surface area contributed by atoms with E-state index in [0.717, 1.165) is 12.8 Å². The Kier molecular flexibility index (Phi) is 17.3. The van der Waals surface area contributed by atoms with E-state index in [1.807, 2.05) is 24.3 Å². The summed E-state index contributed by atoms with van der Waals surface area (Å²) in [6, 6.07) is 15.9. The standard InChI is InChI=1S/C34H52N2O4/c1-4-6-8-10-12-14-16-29-18-22-31(23-19-29)35-33(37)39-27-26-28(3)40-34(38)36-32-24-20-30(21-25-32)17-15-13-11-9-7-5-2/h18-25,28H,4-17,26-27H2,1-3H3,(H,35,37)(H,36,38). The van der Waals surface area contributed by atoms with E-state index in [9.17, 15) is 9.59 Å². The molecule has 2 N–H and O–H groups in total. The molecule has 2 rings (SSSR count). The first-order chi connectivity index (χ1) is 19.5. The summed E-state index contributed by atoms with van der Waals surface area (Å²) in [5.74, 6) is 0. The lowest BCUT2D eigenvalue weighted by Crippen LogP contribution is -2.22. The quantitative estimate of drug-likeness (QED) is 0.160. The van der Waals surface area contributed by atoms with E-state index >= 15 is 0 Å². The summed E-state index contributed by atoms with van der Waals surface area (Å²) >= 11 is 0. The lowest BCUT2D eigenvalue weighted by atomic mass is 10.0. The van der Waals surface area contributed by atoms with Crippen molar-refractivity contribution in [2.45, 2.75) is 123 Å². The zero-order valence-corrected chi connectivity index (χ0v) is 25.1. The molecule has 6 heteroatoms. The van der Waals surface area contributed by atoms with Crippen LogP contribution >= 0.6 is 0 Å². The second-order valence-electron chi connectivity index (χ2n) is 10.8. The summed E-state index contributed by atoms with van der Waals surface area (Å²) < 4.78 is 10.7. The number of nitrogens with one attached hydrogen (secondary N) is 2. The minimum Gasteiger partial charge on any atom is -0.449 e. The highest BCUT2D eigenvalue weighted by Crippen LogP contribution is 2.16. The molecule has 222 valence electrons. The molecule has 0 aliphatic rings. The summed E-state index contributed by atoms with van der Waals surface area (Å²) in [6.45, 7) is 6.41. The normalized spacial score (nSPS) is 11.6. The minimum absolute atomic E-state index is 0.156. The topological polar surface area (TPSA) is 76.7 Å². The summed E-state index contributed by atoms with van der Waals surface area (Å²) in [5, 5.41) is 5.52. The molecular formula is C34H52N2O4. The molecule has 2 aromatic rings. The van der Waals surface area contributed by atoms with Gasteiger partial charge in [-0.15, -0.1) is 0 Å². The van der Waals surface area contributed by atoms with Crippen molar-refractivity contribution in [3.63, 3.8) is 0 Å². The van der Waals surface area contributed by atoms with E-state index in [2.05, 4.69) is 48.7 Å². The number of hydrogen-bond acceptors (Lipinski definition) is 4. The van der Waals surface area contributed by atoms with Gasteiger partial charge in [0.1, 0.15) is 6.10 Å². The molecule has 0 saturated heterocycles. The number of aryl methyl sites for hydroxylation is 2. The molecule has 0 aliphatic carbocycles. The Labute approximate surface area is 242 Å². The Balaban J connectivity index is 1.56. The number of carbonyl (C=O) groups excluding carboxylic acids is 2. The SMILES string of the molecule is CCCCCCCCc1ccc(NC(=O)OCCC(C)OC(=O)Nc2ccc(CCCCCCCC)cc2)cc1. The predicted octanol–water partition coefficient (Wildman–Crippen LogP) is 10.1. The Bertz CT molecular complexity index is 943. The predicted molar refractivity (Wildman–Crippen MR) is 166 cm³/mol. The van der Waals surface area contributed by atoms with E-state index < -0.39 is 12.2 Å². The van der Waals surface area contributed by atoms with Crippen LogP contribution in [-0.4, -0.2) is 24.9 Å². The van der Waals surface area contributed by atoms with Gasteiger partial charge in [0.15, 0.2) is 0 Å². The number of unbranched alkanes of at least 4 members (excludes halogenated alkanes) is 10. The first-order valence-corrected chi connectivity index (χ1v) is 15.6. The third-order valence-electron chi connectivity index (χ3n) is 7.10. The van der Waals surface area contributed by atoms with E-state index in [4.69, 9.17) is 9.47 Å². The van der Waals surface area contributed by atoms with Crippen LogP contribution in [0.3, 0.4) is 0 Å². The average molecular weight is 553 g/mol. The van der Waals surface area contributed by atoms with Crippen LogP contribution in [0.15, 0.2) is 48.5 Å². The van der Waals surface area contributed by atoms with Crippen molar-refractivity contribution in [3.8, 4) is 0 Å². The molecule has 40 heavy (non-hydrogen) atoms. The van der Waals surface area contributed by atoms with Gasteiger partial charge in [-0.05, 0) is 68.0 Å². The van der Waals surface area contributed by atoms with Crippen LogP contribution in [-0.2, 0) is 22.3 Å². The Morgan fingerprint density at radius 2 is 1.05 bits per heavy atom. The molecular weight excluding hydrogens is 500 g/mol. The third-order valence-corrected chi connectivity index (χ3v) is 7.10. The fourth-order valence-electron chi connectivity index (χ4n) is 4.59. The van der Waals surface area contributed by atoms with Crippen LogP contribution in [0.5, 0.6) is 0 Å². The maximum Gasteiger partial charge on any atom is 0.411 e. The van der Waals surface area contributed by atoms with Crippen LogP contribution in [0, 0.1) is 0 Å². The van der Waals surface area contributed by atoms with Gasteiger partial charge in [-0.2, -0.15) is 0 Å². The molecule has 1 unspecified atom stereocenters. The minimum atomic E-state index is -0.513. The number of benzene rings is 2. The molecule has 6 nitrogen and oxygen atoms in total. The number of anilines is 2. The van der Waals surface area contributed by atoms with Gasteiger partial charge < -0.3 is 9.47 Å². The van der Waals surface area contributed by atoms with Crippen LogP contribution < -0.4 is 10.6 Å². The maximum absolute atomic E-state index is 12.2. The lowest BCUT2D eigenvalue weighted by Gasteiger charge is -2.14. The fourth-order valence-corrected chi connectivity index (χ4v) is 4.59. The van der Waals surface area contributed by atoms with Gasteiger partial charge >= 0.3 is 12.2 Å².